The number of benzene rings is 1. The smallest absolute Gasteiger partial charge is 0.133 e. The molecule has 0 saturated heterocycles. The summed E-state index contributed by atoms with van der Waals surface area (Å²) in [4.78, 5) is 12.3. The summed E-state index contributed by atoms with van der Waals surface area (Å²) < 4.78 is 5.42. The van der Waals surface area contributed by atoms with Crippen molar-refractivity contribution in [1.29, 1.82) is 0 Å². The monoisotopic (exact) mass is 326 g/mol. The lowest BCUT2D eigenvalue weighted by atomic mass is 9.54. The predicted octanol–water partition coefficient (Wildman–Crippen LogP) is 5.00. The van der Waals surface area contributed by atoms with Gasteiger partial charge < -0.3 is 4.74 Å². The van der Waals surface area contributed by atoms with E-state index >= 15 is 0 Å². The first-order valence-corrected chi connectivity index (χ1v) is 9.63. The first-order chi connectivity index (χ1) is 11.5. The van der Waals surface area contributed by atoms with E-state index in [2.05, 4.69) is 32.0 Å². The van der Waals surface area contributed by atoms with Gasteiger partial charge >= 0.3 is 0 Å². The highest BCUT2D eigenvalue weighted by Crippen LogP contribution is 2.64. The molecular weight excluding hydrogens is 296 g/mol. The van der Waals surface area contributed by atoms with Crippen molar-refractivity contribution >= 4 is 5.78 Å². The Kier molecular flexibility index (Phi) is 3.78. The van der Waals surface area contributed by atoms with Gasteiger partial charge in [0.25, 0.3) is 0 Å². The molecule has 2 heteroatoms. The highest BCUT2D eigenvalue weighted by Gasteiger charge is 2.58. The molecular formula is C22H30O2. The van der Waals surface area contributed by atoms with E-state index in [1.165, 1.54) is 37.7 Å². The maximum absolute atomic E-state index is 12.3. The number of fused-ring (bicyclic) bond motifs is 5. The molecule has 2 saturated carbocycles. The van der Waals surface area contributed by atoms with Crippen molar-refractivity contribution < 1.29 is 9.53 Å². The van der Waals surface area contributed by atoms with Crippen molar-refractivity contribution in [3.63, 3.8) is 0 Å². The Morgan fingerprint density at radius 2 is 2.08 bits per heavy atom. The molecule has 1 unspecified atom stereocenters. The summed E-state index contributed by atoms with van der Waals surface area (Å²) in [6.45, 7) is 6.56. The number of Topliss-reactive ketones (excluding diaryl/α,β-unsaturated/α-hetero) is 1. The van der Waals surface area contributed by atoms with E-state index in [4.69, 9.17) is 4.74 Å². The summed E-state index contributed by atoms with van der Waals surface area (Å²) >= 11 is 0. The first-order valence-electron chi connectivity index (χ1n) is 9.63. The molecule has 0 bridgehead atoms. The molecule has 2 fully saturated rings. The highest BCUT2D eigenvalue weighted by atomic mass is 16.5. The zero-order valence-corrected chi connectivity index (χ0v) is 15.5. The molecule has 6 atom stereocenters. The van der Waals surface area contributed by atoms with E-state index in [0.29, 0.717) is 17.6 Å². The standard InChI is InChI=1S/C22H30O2/c1-13-11-20-19-7-5-15-12-16(24-4)6-8-17(15)18(19)9-10-22(20,3)21(13)14(2)23/h6,8,12-13,18-21H,5,7,9-11H2,1-4H3/t13-,18-,19-,20+,21?,22+/m1/s1. The van der Waals surface area contributed by atoms with Gasteiger partial charge in [0.05, 0.1) is 7.11 Å². The van der Waals surface area contributed by atoms with Gasteiger partial charge in [-0.25, -0.2) is 0 Å². The third-order valence-corrected chi connectivity index (χ3v) is 7.71. The molecule has 0 heterocycles. The van der Waals surface area contributed by atoms with Gasteiger partial charge in [0.1, 0.15) is 11.5 Å². The molecule has 0 radical (unpaired) electrons. The van der Waals surface area contributed by atoms with Crippen molar-refractivity contribution in [2.24, 2.45) is 29.1 Å². The van der Waals surface area contributed by atoms with E-state index in [1.807, 2.05) is 6.92 Å². The van der Waals surface area contributed by atoms with E-state index in [9.17, 15) is 4.79 Å². The van der Waals surface area contributed by atoms with E-state index < -0.39 is 0 Å². The first kappa shape index (κ1) is 16.2. The average Bonchev–Trinajstić information content (AvgIpc) is 2.84. The Bertz CT molecular complexity index is 664. The summed E-state index contributed by atoms with van der Waals surface area (Å²) in [6.07, 6.45) is 6.14. The minimum absolute atomic E-state index is 0.233. The number of hydrogen-bond donors (Lipinski definition) is 0. The lowest BCUT2D eigenvalue weighted by molar-refractivity contribution is -0.127. The van der Waals surface area contributed by atoms with Crippen LogP contribution in [-0.4, -0.2) is 12.9 Å². The van der Waals surface area contributed by atoms with Gasteiger partial charge in [-0.1, -0.05) is 19.9 Å². The number of hydrogen-bond acceptors (Lipinski definition) is 2. The molecule has 0 spiro atoms. The summed E-state index contributed by atoms with van der Waals surface area (Å²) in [7, 11) is 1.75. The van der Waals surface area contributed by atoms with Gasteiger partial charge in [-0.05, 0) is 91.4 Å². The van der Waals surface area contributed by atoms with Gasteiger partial charge in [0.15, 0.2) is 0 Å². The third-order valence-electron chi connectivity index (χ3n) is 7.71. The van der Waals surface area contributed by atoms with Crippen LogP contribution in [0.15, 0.2) is 18.2 Å². The molecule has 0 aliphatic heterocycles. The fraction of sp³-hybridized carbons (Fsp3) is 0.682. The van der Waals surface area contributed by atoms with Crippen LogP contribution in [0.25, 0.3) is 0 Å². The molecule has 1 aromatic carbocycles. The lowest BCUT2D eigenvalue weighted by Gasteiger charge is -2.50. The Labute approximate surface area is 146 Å². The fourth-order valence-electron chi connectivity index (χ4n) is 6.92. The molecule has 3 aliphatic carbocycles. The third kappa shape index (κ3) is 2.18. The summed E-state index contributed by atoms with van der Waals surface area (Å²) in [5, 5.41) is 0. The SMILES string of the molecule is COc1ccc2c(c1)CC[C@@H]1[C@@H]2CC[C@]2(C)C(C(C)=O)[C@H](C)C[C@@H]12. The summed E-state index contributed by atoms with van der Waals surface area (Å²) in [6, 6.07) is 6.69. The average molecular weight is 326 g/mol. The van der Waals surface area contributed by atoms with Crippen molar-refractivity contribution in [2.75, 3.05) is 7.11 Å². The van der Waals surface area contributed by atoms with Crippen LogP contribution in [0.3, 0.4) is 0 Å². The van der Waals surface area contributed by atoms with Crippen LogP contribution in [0.2, 0.25) is 0 Å². The van der Waals surface area contributed by atoms with Crippen molar-refractivity contribution in [2.45, 2.75) is 58.8 Å². The number of methoxy groups -OCH3 is 1. The Morgan fingerprint density at radius 3 is 2.79 bits per heavy atom. The second kappa shape index (κ2) is 5.61. The molecule has 1 aromatic rings. The van der Waals surface area contributed by atoms with Crippen LogP contribution < -0.4 is 4.74 Å². The Balaban J connectivity index is 1.68. The summed E-state index contributed by atoms with van der Waals surface area (Å²) in [5.41, 5.74) is 3.29. The Morgan fingerprint density at radius 1 is 1.29 bits per heavy atom. The number of ether oxygens (including phenoxy) is 1. The van der Waals surface area contributed by atoms with Gasteiger partial charge in [0.2, 0.25) is 0 Å². The maximum atomic E-state index is 12.3. The van der Waals surface area contributed by atoms with Crippen LogP contribution in [-0.2, 0) is 11.2 Å². The second-order valence-electron chi connectivity index (χ2n) is 8.83. The molecule has 2 nitrogen and oxygen atoms in total. The quantitative estimate of drug-likeness (QED) is 0.764. The van der Waals surface area contributed by atoms with E-state index in [-0.39, 0.29) is 11.3 Å². The van der Waals surface area contributed by atoms with Crippen molar-refractivity contribution in [3.05, 3.63) is 29.3 Å². The van der Waals surface area contributed by atoms with Gasteiger partial charge in [0, 0.05) is 5.92 Å². The number of carbonyl (C=O) groups excluding carboxylic acids is 1. The van der Waals surface area contributed by atoms with Crippen LogP contribution in [0, 0.1) is 29.1 Å². The molecule has 0 aromatic heterocycles. The molecule has 130 valence electrons. The molecule has 24 heavy (non-hydrogen) atoms. The largest absolute Gasteiger partial charge is 0.497 e. The lowest BCUT2D eigenvalue weighted by Crippen LogP contribution is -2.44. The number of carbonyl (C=O) groups is 1. The highest BCUT2D eigenvalue weighted by molar-refractivity contribution is 5.80. The summed E-state index contributed by atoms with van der Waals surface area (Å²) in [5.74, 6) is 4.41. The zero-order chi connectivity index (χ0) is 17.1. The van der Waals surface area contributed by atoms with Crippen LogP contribution in [0.5, 0.6) is 5.75 Å². The second-order valence-corrected chi connectivity index (χ2v) is 8.83. The molecule has 0 N–H and O–H groups in total. The van der Waals surface area contributed by atoms with Gasteiger partial charge in [-0.2, -0.15) is 0 Å². The van der Waals surface area contributed by atoms with Crippen LogP contribution >= 0.6 is 0 Å². The minimum atomic E-state index is 0.233. The predicted molar refractivity (Wildman–Crippen MR) is 96.3 cm³/mol. The number of rotatable bonds is 2. The minimum Gasteiger partial charge on any atom is -0.497 e. The van der Waals surface area contributed by atoms with Crippen molar-refractivity contribution in [1.82, 2.24) is 0 Å². The fourth-order valence-corrected chi connectivity index (χ4v) is 6.92. The number of ketones is 1. The van der Waals surface area contributed by atoms with Crippen LogP contribution in [0.4, 0.5) is 0 Å². The number of aryl methyl sites for hydroxylation is 1. The Hall–Kier alpha value is -1.31. The normalized spacial score (nSPS) is 40.4. The van der Waals surface area contributed by atoms with Gasteiger partial charge in [-0.15, -0.1) is 0 Å². The topological polar surface area (TPSA) is 26.3 Å². The van der Waals surface area contributed by atoms with E-state index in [0.717, 1.165) is 17.6 Å². The van der Waals surface area contributed by atoms with Crippen LogP contribution in [0.1, 0.15) is 63.5 Å². The maximum Gasteiger partial charge on any atom is 0.133 e. The van der Waals surface area contributed by atoms with Crippen molar-refractivity contribution in [3.8, 4) is 5.75 Å². The molecule has 0 amide bonds. The zero-order valence-electron chi connectivity index (χ0n) is 15.5. The molecule has 4 rings (SSSR count). The van der Waals surface area contributed by atoms with E-state index in [1.54, 1.807) is 12.7 Å². The van der Waals surface area contributed by atoms with Gasteiger partial charge in [-0.3, -0.25) is 4.79 Å². The molecule has 3 aliphatic rings.